The van der Waals surface area contributed by atoms with Gasteiger partial charge in [0.1, 0.15) is 6.04 Å². The molecule has 0 aromatic heterocycles. The third-order valence-corrected chi connectivity index (χ3v) is 3.46. The first-order valence-corrected chi connectivity index (χ1v) is 5.61. The van der Waals surface area contributed by atoms with Crippen LogP contribution in [0, 0.1) is 5.92 Å². The van der Waals surface area contributed by atoms with Crippen LogP contribution in [0.2, 0.25) is 0 Å². The molecule has 1 heterocycles. The van der Waals surface area contributed by atoms with Crippen molar-refractivity contribution in [1.82, 2.24) is 4.90 Å². The molecule has 0 amide bonds. The fourth-order valence-electron chi connectivity index (χ4n) is 2.56. The summed E-state index contributed by atoms with van der Waals surface area (Å²) >= 11 is 0. The van der Waals surface area contributed by atoms with E-state index in [1.807, 2.05) is 0 Å². The minimum absolute atomic E-state index is 0.0671. The molecular weight excluding hydrogens is 197 g/mol. The molecule has 0 aromatic rings. The molecule has 2 bridgehead atoms. The molecule has 0 spiro atoms. The van der Waals surface area contributed by atoms with Crippen molar-refractivity contribution < 1.29 is 9.53 Å². The predicted octanol–water partition coefficient (Wildman–Crippen LogP) is 1.01. The number of hydrogen-bond donors (Lipinski definition) is 0. The number of fused-ring (bicyclic) bond motifs is 2. The van der Waals surface area contributed by atoms with Gasteiger partial charge in [-0.05, 0) is 13.3 Å². The van der Waals surface area contributed by atoms with Crippen LogP contribution in [0.15, 0.2) is 12.2 Å². The normalized spacial score (nSPS) is 37.5. The lowest BCUT2D eigenvalue weighted by atomic mass is 10.0. The van der Waals surface area contributed by atoms with Gasteiger partial charge in [-0.15, -0.1) is 9.24 Å². The Morgan fingerprint density at radius 2 is 2.36 bits per heavy atom. The number of hydrogen-bond acceptors (Lipinski definition) is 3. The number of esters is 1. The average molecular weight is 213 g/mol. The minimum Gasteiger partial charge on any atom is -0.468 e. The van der Waals surface area contributed by atoms with Crippen molar-refractivity contribution in [3.8, 4) is 0 Å². The number of ether oxygens (including phenoxy) is 1. The van der Waals surface area contributed by atoms with Crippen LogP contribution in [0.5, 0.6) is 0 Å². The molecule has 1 aliphatic heterocycles. The Balaban J connectivity index is 2.22. The molecule has 4 heteroatoms. The lowest BCUT2D eigenvalue weighted by Gasteiger charge is -2.33. The minimum atomic E-state index is -0.101. The van der Waals surface area contributed by atoms with E-state index in [0.29, 0.717) is 17.7 Å². The molecule has 5 atom stereocenters. The molecule has 1 saturated heterocycles. The second-order valence-electron chi connectivity index (χ2n) is 4.01. The highest BCUT2D eigenvalue weighted by Crippen LogP contribution is 2.40. The van der Waals surface area contributed by atoms with E-state index in [9.17, 15) is 4.79 Å². The number of likely N-dealkylation sites (tertiary alicyclic amines) is 1. The first-order valence-electron chi connectivity index (χ1n) is 4.94. The van der Waals surface area contributed by atoms with E-state index in [-0.39, 0.29) is 12.0 Å². The molecule has 2 aliphatic rings. The van der Waals surface area contributed by atoms with Crippen molar-refractivity contribution in [2.45, 2.75) is 31.2 Å². The van der Waals surface area contributed by atoms with Gasteiger partial charge in [0, 0.05) is 17.7 Å². The molecule has 3 nitrogen and oxygen atoms in total. The topological polar surface area (TPSA) is 29.5 Å². The van der Waals surface area contributed by atoms with Crippen LogP contribution in [-0.2, 0) is 9.53 Å². The summed E-state index contributed by atoms with van der Waals surface area (Å²) in [6, 6.07) is 0.360. The summed E-state index contributed by atoms with van der Waals surface area (Å²) in [4.78, 5) is 13.8. The fourth-order valence-corrected chi connectivity index (χ4v) is 2.97. The summed E-state index contributed by atoms with van der Waals surface area (Å²) in [5.41, 5.74) is 0. The maximum atomic E-state index is 11.6. The Labute approximate surface area is 86.7 Å². The summed E-state index contributed by atoms with van der Waals surface area (Å²) in [7, 11) is 4.21. The smallest absolute Gasteiger partial charge is 0.323 e. The molecule has 0 radical (unpaired) electrons. The Hall–Kier alpha value is -0.400. The molecule has 0 saturated carbocycles. The van der Waals surface area contributed by atoms with Gasteiger partial charge in [0.05, 0.1) is 7.11 Å². The van der Waals surface area contributed by atoms with Gasteiger partial charge in [-0.1, -0.05) is 12.2 Å². The SMILES string of the molecule is COC(=O)[C@H]1[C@@H]2C=C[C@@H](C2)N1[C@@H](C)P. The van der Waals surface area contributed by atoms with E-state index in [1.165, 1.54) is 7.11 Å². The molecule has 1 unspecified atom stereocenters. The van der Waals surface area contributed by atoms with Crippen molar-refractivity contribution in [3.63, 3.8) is 0 Å². The van der Waals surface area contributed by atoms with E-state index in [0.717, 1.165) is 6.42 Å². The zero-order chi connectivity index (χ0) is 10.3. The summed E-state index contributed by atoms with van der Waals surface area (Å²) in [5, 5.41) is 0. The van der Waals surface area contributed by atoms with E-state index >= 15 is 0 Å². The lowest BCUT2D eigenvalue weighted by Crippen LogP contribution is -2.47. The van der Waals surface area contributed by atoms with Crippen LogP contribution in [0.1, 0.15) is 13.3 Å². The number of rotatable bonds is 2. The van der Waals surface area contributed by atoms with Gasteiger partial charge in [-0.2, -0.15) is 0 Å². The van der Waals surface area contributed by atoms with Crippen molar-refractivity contribution in [3.05, 3.63) is 12.2 Å². The number of nitrogens with zero attached hydrogens (tertiary/aromatic N) is 1. The van der Waals surface area contributed by atoms with Crippen molar-refractivity contribution in [2.24, 2.45) is 5.92 Å². The lowest BCUT2D eigenvalue weighted by molar-refractivity contribution is -0.147. The summed E-state index contributed by atoms with van der Waals surface area (Å²) in [6.07, 6.45) is 5.42. The van der Waals surface area contributed by atoms with Gasteiger partial charge in [-0.25, -0.2) is 0 Å². The zero-order valence-electron chi connectivity index (χ0n) is 8.51. The van der Waals surface area contributed by atoms with Crippen LogP contribution in [0.3, 0.4) is 0 Å². The molecule has 14 heavy (non-hydrogen) atoms. The van der Waals surface area contributed by atoms with Gasteiger partial charge >= 0.3 is 5.97 Å². The van der Waals surface area contributed by atoms with Crippen LogP contribution in [0.25, 0.3) is 0 Å². The second-order valence-corrected chi connectivity index (χ2v) is 4.97. The van der Waals surface area contributed by atoms with Gasteiger partial charge in [0.15, 0.2) is 0 Å². The summed E-state index contributed by atoms with van der Waals surface area (Å²) < 4.78 is 4.84. The van der Waals surface area contributed by atoms with Crippen LogP contribution < -0.4 is 0 Å². The van der Waals surface area contributed by atoms with Gasteiger partial charge in [0.2, 0.25) is 0 Å². The third-order valence-electron chi connectivity index (χ3n) is 3.12. The first-order chi connectivity index (χ1) is 6.65. The zero-order valence-corrected chi connectivity index (χ0v) is 9.67. The molecule has 78 valence electrons. The first kappa shape index (κ1) is 10.1. The molecule has 2 rings (SSSR count). The van der Waals surface area contributed by atoms with Crippen molar-refractivity contribution in [1.29, 1.82) is 0 Å². The maximum Gasteiger partial charge on any atom is 0.323 e. The molecule has 1 aliphatic carbocycles. The number of carbonyl (C=O) groups excluding carboxylic acids is 1. The molecular formula is C10H16NO2P. The molecule has 0 N–H and O–H groups in total. The highest BCUT2D eigenvalue weighted by molar-refractivity contribution is 7.17. The van der Waals surface area contributed by atoms with E-state index in [1.54, 1.807) is 0 Å². The van der Waals surface area contributed by atoms with Gasteiger partial charge < -0.3 is 4.74 Å². The Morgan fingerprint density at radius 1 is 1.64 bits per heavy atom. The van der Waals surface area contributed by atoms with Crippen LogP contribution in [-0.4, -0.2) is 35.8 Å². The number of methoxy groups -OCH3 is 1. The predicted molar refractivity (Wildman–Crippen MR) is 57.9 cm³/mol. The highest BCUT2D eigenvalue weighted by Gasteiger charge is 2.47. The van der Waals surface area contributed by atoms with Gasteiger partial charge in [0.25, 0.3) is 0 Å². The fraction of sp³-hybridized carbons (Fsp3) is 0.700. The molecule has 0 aromatic carbocycles. The highest BCUT2D eigenvalue weighted by atomic mass is 31.0. The Kier molecular flexibility index (Phi) is 2.63. The van der Waals surface area contributed by atoms with Crippen LogP contribution >= 0.6 is 9.24 Å². The summed E-state index contributed by atoms with van der Waals surface area (Å²) in [6.45, 7) is 2.09. The van der Waals surface area contributed by atoms with E-state index in [4.69, 9.17) is 4.74 Å². The van der Waals surface area contributed by atoms with Crippen LogP contribution in [0.4, 0.5) is 0 Å². The Morgan fingerprint density at radius 3 is 2.93 bits per heavy atom. The second kappa shape index (κ2) is 3.63. The third kappa shape index (κ3) is 1.39. The van der Waals surface area contributed by atoms with Crippen molar-refractivity contribution in [2.75, 3.05) is 7.11 Å². The largest absolute Gasteiger partial charge is 0.468 e. The van der Waals surface area contributed by atoms with Crippen molar-refractivity contribution >= 4 is 15.2 Å². The average Bonchev–Trinajstić information content (AvgIpc) is 2.74. The Bertz CT molecular complexity index is 277. The molecule has 1 fully saturated rings. The number of carbonyl (C=O) groups is 1. The standard InChI is InChI=1S/C10H16NO2P/c1-6(14)11-8-4-3-7(5-8)9(11)10(12)13-2/h3-4,6-9H,5,14H2,1-2H3/t6-,7-,8+,9-/m1/s1. The quantitative estimate of drug-likeness (QED) is 0.389. The van der Waals surface area contributed by atoms with E-state index < -0.39 is 0 Å². The van der Waals surface area contributed by atoms with Gasteiger partial charge in [-0.3, -0.25) is 9.69 Å². The van der Waals surface area contributed by atoms with E-state index in [2.05, 4.69) is 33.2 Å². The maximum absolute atomic E-state index is 11.6. The monoisotopic (exact) mass is 213 g/mol. The summed E-state index contributed by atoms with van der Waals surface area (Å²) in [5.74, 6) is 0.575.